The molecule has 208 valence electrons. The molecule has 1 saturated heterocycles. The highest BCUT2D eigenvalue weighted by Crippen LogP contribution is 2.29. The summed E-state index contributed by atoms with van der Waals surface area (Å²) in [5.41, 5.74) is 0.317. The highest BCUT2D eigenvalue weighted by atomic mass is 32.2. The van der Waals surface area contributed by atoms with Crippen molar-refractivity contribution in [3.05, 3.63) is 77.2 Å². The zero-order chi connectivity index (χ0) is 28.1. The zero-order valence-corrected chi connectivity index (χ0v) is 21.9. The Morgan fingerprint density at radius 3 is 2.11 bits per heavy atom. The highest BCUT2D eigenvalue weighted by molar-refractivity contribution is 7.92. The van der Waals surface area contributed by atoms with Crippen molar-refractivity contribution >= 4 is 26.0 Å². The van der Waals surface area contributed by atoms with E-state index in [9.17, 15) is 39.9 Å². The molecule has 0 saturated carbocycles. The van der Waals surface area contributed by atoms with Crippen LogP contribution in [0.15, 0.2) is 65.4 Å². The summed E-state index contributed by atoms with van der Waals surface area (Å²) in [5.74, 6) is -1.30. The van der Waals surface area contributed by atoms with Crippen molar-refractivity contribution in [3.8, 4) is 0 Å². The van der Waals surface area contributed by atoms with E-state index in [-0.39, 0.29) is 50.1 Å². The number of sulfonamides is 2. The summed E-state index contributed by atoms with van der Waals surface area (Å²) in [5, 5.41) is 10.1. The fourth-order valence-corrected chi connectivity index (χ4v) is 6.18. The minimum atomic E-state index is -4.47. The molecule has 1 heterocycles. The molecule has 0 spiro atoms. The average Bonchev–Trinajstić information content (AvgIpc) is 3.33. The minimum absolute atomic E-state index is 0.0427. The van der Waals surface area contributed by atoms with Crippen LogP contribution in [0.3, 0.4) is 0 Å². The Bertz CT molecular complexity index is 1350. The molecule has 14 heteroatoms. The number of benzene rings is 2. The highest BCUT2D eigenvalue weighted by Gasteiger charge is 2.33. The molecule has 38 heavy (non-hydrogen) atoms. The van der Waals surface area contributed by atoms with Gasteiger partial charge in [0.1, 0.15) is 0 Å². The molecule has 0 unspecified atom stereocenters. The van der Waals surface area contributed by atoms with Crippen LogP contribution in [-0.4, -0.2) is 63.3 Å². The van der Waals surface area contributed by atoms with Gasteiger partial charge in [-0.05, 0) is 47.7 Å². The second-order valence-corrected chi connectivity index (χ2v) is 12.6. The Hall–Kier alpha value is -2.78. The van der Waals surface area contributed by atoms with Gasteiger partial charge in [-0.3, -0.25) is 9.69 Å². The van der Waals surface area contributed by atoms with Crippen LogP contribution < -0.4 is 4.72 Å². The number of alkyl halides is 3. The van der Waals surface area contributed by atoms with Crippen LogP contribution in [0.4, 0.5) is 13.2 Å². The van der Waals surface area contributed by atoms with Crippen molar-refractivity contribution in [2.75, 3.05) is 26.2 Å². The van der Waals surface area contributed by atoms with E-state index in [1.807, 2.05) is 0 Å². The lowest BCUT2D eigenvalue weighted by Crippen LogP contribution is -2.32. The number of hydrogen-bond acceptors (Lipinski definition) is 6. The van der Waals surface area contributed by atoms with E-state index in [1.54, 1.807) is 12.1 Å². The lowest BCUT2D eigenvalue weighted by atomic mass is 10.1. The van der Waals surface area contributed by atoms with Gasteiger partial charge < -0.3 is 5.11 Å². The van der Waals surface area contributed by atoms with Crippen molar-refractivity contribution in [2.45, 2.75) is 30.6 Å². The zero-order valence-electron chi connectivity index (χ0n) is 20.3. The van der Waals surface area contributed by atoms with Crippen molar-refractivity contribution in [3.63, 3.8) is 0 Å². The number of nitrogens with one attached hydrogen (secondary N) is 1. The molecule has 2 aromatic rings. The quantitative estimate of drug-likeness (QED) is 0.399. The van der Waals surface area contributed by atoms with Gasteiger partial charge in [0.25, 0.3) is 0 Å². The van der Waals surface area contributed by atoms with Crippen LogP contribution in [0.1, 0.15) is 23.1 Å². The van der Waals surface area contributed by atoms with Crippen LogP contribution in [0.5, 0.6) is 0 Å². The van der Waals surface area contributed by atoms with Gasteiger partial charge in [-0.1, -0.05) is 30.8 Å². The molecule has 2 N–H and O–H groups in total. The van der Waals surface area contributed by atoms with Gasteiger partial charge >= 0.3 is 12.1 Å². The summed E-state index contributed by atoms with van der Waals surface area (Å²) >= 11 is 0. The normalized spacial score (nSPS) is 17.1. The maximum Gasteiger partial charge on any atom is 0.416 e. The van der Waals surface area contributed by atoms with E-state index >= 15 is 0 Å². The Morgan fingerprint density at radius 1 is 1.05 bits per heavy atom. The number of hydrogen-bond donors (Lipinski definition) is 2. The number of rotatable bonds is 12. The summed E-state index contributed by atoms with van der Waals surface area (Å²) < 4.78 is 91.3. The van der Waals surface area contributed by atoms with E-state index in [1.165, 1.54) is 33.5 Å². The van der Waals surface area contributed by atoms with Crippen LogP contribution in [0.2, 0.25) is 0 Å². The van der Waals surface area contributed by atoms with Crippen molar-refractivity contribution in [2.24, 2.45) is 5.92 Å². The fourth-order valence-electron chi connectivity index (χ4n) is 4.07. The third-order valence-electron chi connectivity index (χ3n) is 6.05. The predicted octanol–water partition coefficient (Wildman–Crippen LogP) is 2.87. The first-order valence-corrected chi connectivity index (χ1v) is 14.5. The average molecular weight is 576 g/mol. The van der Waals surface area contributed by atoms with Gasteiger partial charge in [0.05, 0.1) is 17.0 Å². The molecule has 1 atom stereocenters. The summed E-state index contributed by atoms with van der Waals surface area (Å²) in [7, 11) is -7.43. The summed E-state index contributed by atoms with van der Waals surface area (Å²) in [6.45, 7) is 3.54. The number of halogens is 3. The van der Waals surface area contributed by atoms with Gasteiger partial charge in [-0.25, -0.2) is 21.6 Å². The molecule has 3 rings (SSSR count). The standard InChI is InChI=1S/C24H28F3N3O6S2/c1-2-37(33,34)28-13-20-11-12-30(16-20)38(35,36)22-9-5-19(6-10-22)15-29(17-23(31)32)14-18-3-7-21(8-4-18)24(25,26)27/h2-10,20,28H,1,11-17H2,(H,31,32)/t20-/m1/s1. The van der Waals surface area contributed by atoms with E-state index in [0.29, 0.717) is 17.5 Å². The molecule has 9 nitrogen and oxygen atoms in total. The molecule has 2 aromatic carbocycles. The van der Waals surface area contributed by atoms with Gasteiger partial charge in [-0.15, -0.1) is 0 Å². The summed E-state index contributed by atoms with van der Waals surface area (Å²) in [6, 6.07) is 10.4. The van der Waals surface area contributed by atoms with Crippen molar-refractivity contribution in [1.82, 2.24) is 13.9 Å². The maximum atomic E-state index is 13.1. The third-order valence-corrected chi connectivity index (χ3v) is 8.94. The number of carbonyl (C=O) groups is 1. The van der Waals surface area contributed by atoms with E-state index in [4.69, 9.17) is 0 Å². The number of carboxylic acid groups (broad SMARTS) is 1. The van der Waals surface area contributed by atoms with E-state index < -0.39 is 37.8 Å². The monoisotopic (exact) mass is 575 g/mol. The Labute approximate surface area is 219 Å². The predicted molar refractivity (Wildman–Crippen MR) is 134 cm³/mol. The fraction of sp³-hybridized carbons (Fsp3) is 0.375. The lowest BCUT2D eigenvalue weighted by molar-refractivity contribution is -0.139. The van der Waals surface area contributed by atoms with E-state index in [0.717, 1.165) is 17.5 Å². The molecule has 1 aliphatic heterocycles. The second-order valence-electron chi connectivity index (χ2n) is 8.96. The molecule has 0 aromatic heterocycles. The first-order valence-electron chi connectivity index (χ1n) is 11.5. The molecule has 0 bridgehead atoms. The van der Waals surface area contributed by atoms with Crippen molar-refractivity contribution in [1.29, 1.82) is 0 Å². The molecule has 1 fully saturated rings. The van der Waals surface area contributed by atoms with Crippen LogP contribution in [0, 0.1) is 5.92 Å². The van der Waals surface area contributed by atoms with Gasteiger partial charge in [0.15, 0.2) is 0 Å². The largest absolute Gasteiger partial charge is 0.480 e. The van der Waals surface area contributed by atoms with Gasteiger partial charge in [0.2, 0.25) is 20.0 Å². The first kappa shape index (κ1) is 29.8. The third kappa shape index (κ3) is 8.11. The van der Waals surface area contributed by atoms with Crippen LogP contribution in [-0.2, 0) is 44.1 Å². The van der Waals surface area contributed by atoms with Gasteiger partial charge in [-0.2, -0.15) is 17.5 Å². The smallest absolute Gasteiger partial charge is 0.416 e. The number of carboxylic acids is 1. The Morgan fingerprint density at radius 2 is 1.61 bits per heavy atom. The lowest BCUT2D eigenvalue weighted by Gasteiger charge is -2.21. The molecular weight excluding hydrogens is 547 g/mol. The van der Waals surface area contributed by atoms with Crippen LogP contribution in [0.25, 0.3) is 0 Å². The molecule has 0 aliphatic carbocycles. The Balaban J connectivity index is 1.65. The second kappa shape index (κ2) is 11.9. The maximum absolute atomic E-state index is 13.1. The summed E-state index contributed by atoms with van der Waals surface area (Å²) in [6.07, 6.45) is -3.98. The molecule has 0 radical (unpaired) electrons. The molecule has 1 aliphatic rings. The Kier molecular flexibility index (Phi) is 9.36. The van der Waals surface area contributed by atoms with Gasteiger partial charge in [0, 0.05) is 38.1 Å². The SMILES string of the molecule is C=CS(=O)(=O)NC[C@H]1CCN(S(=O)(=O)c2ccc(CN(CC(=O)O)Cc3ccc(C(F)(F)F)cc3)cc2)C1. The number of nitrogens with zero attached hydrogens (tertiary/aromatic N) is 2. The summed E-state index contributed by atoms with van der Waals surface area (Å²) in [4.78, 5) is 12.9. The van der Waals surface area contributed by atoms with E-state index in [2.05, 4.69) is 11.3 Å². The van der Waals surface area contributed by atoms with Crippen LogP contribution >= 0.6 is 0 Å². The topological polar surface area (TPSA) is 124 Å². The molecule has 0 amide bonds. The van der Waals surface area contributed by atoms with Crippen molar-refractivity contribution < 1.29 is 39.9 Å². The number of aliphatic carboxylic acids is 1. The molecular formula is C24H28F3N3O6S2. The first-order chi connectivity index (χ1) is 17.7. The minimum Gasteiger partial charge on any atom is -0.480 e.